The lowest BCUT2D eigenvalue weighted by molar-refractivity contribution is 0.379. The maximum Gasteiger partial charge on any atom is 0.214 e. The minimum absolute atomic E-state index is 0.259. The van der Waals surface area contributed by atoms with Gasteiger partial charge in [-0.1, -0.05) is 6.92 Å². The van der Waals surface area contributed by atoms with E-state index in [0.29, 0.717) is 5.75 Å². The molecule has 0 radical (unpaired) electrons. The molecule has 1 aliphatic rings. The maximum atomic E-state index is 12.1. The highest BCUT2D eigenvalue weighted by molar-refractivity contribution is 7.89. The average molecular weight is 248 g/mol. The van der Waals surface area contributed by atoms with Gasteiger partial charge >= 0.3 is 0 Å². The Balaban J connectivity index is 2.43. The molecule has 0 spiro atoms. The van der Waals surface area contributed by atoms with Crippen molar-refractivity contribution in [2.24, 2.45) is 0 Å². The van der Waals surface area contributed by atoms with E-state index in [4.69, 9.17) is 0 Å². The lowest BCUT2D eigenvalue weighted by Crippen LogP contribution is -2.36. The first-order chi connectivity index (χ1) is 7.61. The Labute approximate surface area is 99.5 Å². The Bertz CT molecular complexity index is 290. The van der Waals surface area contributed by atoms with Crippen molar-refractivity contribution in [1.82, 2.24) is 9.62 Å². The van der Waals surface area contributed by atoms with Gasteiger partial charge in [-0.25, -0.2) is 8.42 Å². The molecule has 1 rings (SSSR count). The summed E-state index contributed by atoms with van der Waals surface area (Å²) in [4.78, 5) is 0. The van der Waals surface area contributed by atoms with Gasteiger partial charge in [0.15, 0.2) is 0 Å². The summed E-state index contributed by atoms with van der Waals surface area (Å²) in [7, 11) is -1.11. The van der Waals surface area contributed by atoms with Gasteiger partial charge in [0.1, 0.15) is 0 Å². The number of hydrogen-bond donors (Lipinski definition) is 1. The van der Waals surface area contributed by atoms with Crippen LogP contribution in [0.15, 0.2) is 0 Å². The van der Waals surface area contributed by atoms with Crippen molar-refractivity contribution in [2.45, 2.75) is 45.1 Å². The first-order valence-electron chi connectivity index (χ1n) is 6.26. The van der Waals surface area contributed by atoms with E-state index in [-0.39, 0.29) is 6.04 Å². The third-order valence-electron chi connectivity index (χ3n) is 3.23. The van der Waals surface area contributed by atoms with Crippen LogP contribution in [0, 0.1) is 0 Å². The van der Waals surface area contributed by atoms with Crippen LogP contribution < -0.4 is 5.32 Å². The summed E-state index contributed by atoms with van der Waals surface area (Å²) in [5, 5.41) is 3.04. The molecule has 0 saturated carbocycles. The molecule has 0 amide bonds. The van der Waals surface area contributed by atoms with Crippen molar-refractivity contribution < 1.29 is 8.42 Å². The summed E-state index contributed by atoms with van der Waals surface area (Å²) in [5.74, 6) is 0.311. The van der Waals surface area contributed by atoms with Crippen LogP contribution in [-0.2, 0) is 10.0 Å². The molecule has 1 fully saturated rings. The van der Waals surface area contributed by atoms with E-state index in [0.717, 1.165) is 45.2 Å². The fourth-order valence-electron chi connectivity index (χ4n) is 2.29. The monoisotopic (exact) mass is 248 g/mol. The van der Waals surface area contributed by atoms with Crippen LogP contribution in [0.1, 0.15) is 39.0 Å². The lowest BCUT2D eigenvalue weighted by atomic mass is 10.2. The Kier molecular flexibility index (Phi) is 5.72. The van der Waals surface area contributed by atoms with Gasteiger partial charge in [-0.3, -0.25) is 0 Å². The molecular weight excluding hydrogens is 224 g/mol. The molecule has 1 aliphatic heterocycles. The Morgan fingerprint density at radius 1 is 1.38 bits per heavy atom. The molecule has 5 heteroatoms. The van der Waals surface area contributed by atoms with Crippen LogP contribution in [-0.4, -0.2) is 44.7 Å². The van der Waals surface area contributed by atoms with Crippen LogP contribution in [0.5, 0.6) is 0 Å². The summed E-state index contributed by atoms with van der Waals surface area (Å²) in [6.45, 7) is 3.69. The molecule has 0 aliphatic carbocycles. The van der Waals surface area contributed by atoms with E-state index in [2.05, 4.69) is 12.2 Å². The van der Waals surface area contributed by atoms with Crippen molar-refractivity contribution in [1.29, 1.82) is 0 Å². The van der Waals surface area contributed by atoms with Gasteiger partial charge in [0.25, 0.3) is 0 Å². The number of nitrogens with one attached hydrogen (secondary N) is 1. The van der Waals surface area contributed by atoms with E-state index in [1.165, 1.54) is 0 Å². The van der Waals surface area contributed by atoms with E-state index < -0.39 is 10.0 Å². The van der Waals surface area contributed by atoms with E-state index in [9.17, 15) is 8.42 Å². The quantitative estimate of drug-likeness (QED) is 0.689. The maximum absolute atomic E-state index is 12.1. The zero-order chi connectivity index (χ0) is 12.0. The Hall–Kier alpha value is -0.130. The minimum atomic E-state index is -3.00. The first-order valence-corrected chi connectivity index (χ1v) is 7.87. The van der Waals surface area contributed by atoms with Gasteiger partial charge in [0, 0.05) is 12.6 Å². The summed E-state index contributed by atoms with van der Waals surface area (Å²) in [5.41, 5.74) is 0. The first kappa shape index (κ1) is 13.9. The van der Waals surface area contributed by atoms with Crippen molar-refractivity contribution in [3.05, 3.63) is 0 Å². The highest BCUT2D eigenvalue weighted by atomic mass is 32.2. The number of nitrogens with zero attached hydrogens (tertiary/aromatic N) is 1. The molecule has 0 aromatic rings. The molecule has 1 saturated heterocycles. The summed E-state index contributed by atoms with van der Waals surface area (Å²) in [6.07, 6.45) is 4.69. The standard InChI is InChI=1S/C11H24N2O2S/c1-3-11-7-6-9-13(11)16(14,15)10-5-4-8-12-2/h11-12H,3-10H2,1-2H3. The molecular formula is C11H24N2O2S. The van der Waals surface area contributed by atoms with Gasteiger partial charge < -0.3 is 5.32 Å². The fourth-order valence-corrected chi connectivity index (χ4v) is 4.21. The molecule has 96 valence electrons. The smallest absolute Gasteiger partial charge is 0.214 e. The summed E-state index contributed by atoms with van der Waals surface area (Å²) in [6, 6.07) is 0.259. The van der Waals surface area contributed by atoms with Crippen LogP contribution in [0.3, 0.4) is 0 Å². The van der Waals surface area contributed by atoms with Crippen LogP contribution in [0.25, 0.3) is 0 Å². The van der Waals surface area contributed by atoms with Crippen molar-refractivity contribution in [3.8, 4) is 0 Å². The second kappa shape index (κ2) is 6.57. The zero-order valence-electron chi connectivity index (χ0n) is 10.4. The Morgan fingerprint density at radius 3 is 2.75 bits per heavy atom. The minimum Gasteiger partial charge on any atom is -0.320 e. The van der Waals surface area contributed by atoms with Crippen LogP contribution >= 0.6 is 0 Å². The predicted octanol–water partition coefficient (Wildman–Crippen LogP) is 1.19. The van der Waals surface area contributed by atoms with Gasteiger partial charge in [-0.2, -0.15) is 4.31 Å². The Morgan fingerprint density at radius 2 is 2.12 bits per heavy atom. The molecule has 1 atom stereocenters. The number of rotatable bonds is 7. The SMILES string of the molecule is CCC1CCCN1S(=O)(=O)CCCCNC. The number of sulfonamides is 1. The van der Waals surface area contributed by atoms with Crippen LogP contribution in [0.2, 0.25) is 0 Å². The fraction of sp³-hybridized carbons (Fsp3) is 1.00. The van der Waals surface area contributed by atoms with Crippen LogP contribution in [0.4, 0.5) is 0 Å². The summed E-state index contributed by atoms with van der Waals surface area (Å²) >= 11 is 0. The van der Waals surface area contributed by atoms with Gasteiger partial charge in [-0.15, -0.1) is 0 Å². The van der Waals surface area contributed by atoms with E-state index in [1.54, 1.807) is 4.31 Å². The van der Waals surface area contributed by atoms with E-state index >= 15 is 0 Å². The molecule has 0 aromatic carbocycles. The van der Waals surface area contributed by atoms with Crippen molar-refractivity contribution in [2.75, 3.05) is 25.9 Å². The second-order valence-corrected chi connectivity index (χ2v) is 6.48. The number of hydrogen-bond acceptors (Lipinski definition) is 3. The summed E-state index contributed by atoms with van der Waals surface area (Å²) < 4.78 is 25.9. The second-order valence-electron chi connectivity index (χ2n) is 4.44. The highest BCUT2D eigenvalue weighted by Crippen LogP contribution is 2.23. The third kappa shape index (κ3) is 3.71. The van der Waals surface area contributed by atoms with Crippen molar-refractivity contribution >= 4 is 10.0 Å². The molecule has 1 heterocycles. The zero-order valence-corrected chi connectivity index (χ0v) is 11.2. The molecule has 0 bridgehead atoms. The predicted molar refractivity (Wildman–Crippen MR) is 67.0 cm³/mol. The topological polar surface area (TPSA) is 49.4 Å². The molecule has 16 heavy (non-hydrogen) atoms. The third-order valence-corrected chi connectivity index (χ3v) is 5.23. The molecule has 0 aromatic heterocycles. The van der Waals surface area contributed by atoms with Gasteiger partial charge in [0.05, 0.1) is 5.75 Å². The van der Waals surface area contributed by atoms with Crippen molar-refractivity contribution in [3.63, 3.8) is 0 Å². The van der Waals surface area contributed by atoms with E-state index in [1.807, 2.05) is 7.05 Å². The normalized spacial score (nSPS) is 22.8. The lowest BCUT2D eigenvalue weighted by Gasteiger charge is -2.22. The van der Waals surface area contributed by atoms with Gasteiger partial charge in [0.2, 0.25) is 10.0 Å². The molecule has 1 N–H and O–H groups in total. The number of unbranched alkanes of at least 4 members (excludes halogenated alkanes) is 1. The molecule has 1 unspecified atom stereocenters. The largest absolute Gasteiger partial charge is 0.320 e. The van der Waals surface area contributed by atoms with Gasteiger partial charge in [-0.05, 0) is 45.7 Å². The molecule has 4 nitrogen and oxygen atoms in total. The average Bonchev–Trinajstić information content (AvgIpc) is 2.73. The highest BCUT2D eigenvalue weighted by Gasteiger charge is 2.32.